The van der Waals surface area contributed by atoms with Gasteiger partial charge in [0.2, 0.25) is 5.91 Å². The standard InChI is InChI=1S/C18H22N2O2/c1-12-11-16(9-10-17(12)20-18(21)13(2)19)22-14(3)15-7-5-4-6-8-15/h4-11,13-14H,19H2,1-3H3,(H,20,21)/t13-,14?/m0/s1. The predicted molar refractivity (Wildman–Crippen MR) is 88.9 cm³/mol. The van der Waals surface area contributed by atoms with E-state index in [1.165, 1.54) is 0 Å². The lowest BCUT2D eigenvalue weighted by Crippen LogP contribution is -2.32. The van der Waals surface area contributed by atoms with E-state index in [1.807, 2.05) is 62.4 Å². The Balaban J connectivity index is 2.08. The first-order valence-corrected chi connectivity index (χ1v) is 7.36. The minimum absolute atomic E-state index is 0.0369. The Bertz CT molecular complexity index is 639. The Morgan fingerprint density at radius 1 is 1.14 bits per heavy atom. The van der Waals surface area contributed by atoms with Gasteiger partial charge in [0, 0.05) is 5.69 Å². The Hall–Kier alpha value is -2.33. The number of carbonyl (C=O) groups is 1. The summed E-state index contributed by atoms with van der Waals surface area (Å²) in [4.78, 5) is 11.6. The van der Waals surface area contributed by atoms with Crippen LogP contribution in [0.25, 0.3) is 0 Å². The van der Waals surface area contributed by atoms with Gasteiger partial charge in [-0.2, -0.15) is 0 Å². The number of rotatable bonds is 5. The van der Waals surface area contributed by atoms with Crippen molar-refractivity contribution in [2.24, 2.45) is 5.73 Å². The molecule has 2 aromatic rings. The first-order chi connectivity index (χ1) is 10.5. The number of anilines is 1. The molecule has 0 saturated heterocycles. The van der Waals surface area contributed by atoms with Crippen LogP contribution in [0.4, 0.5) is 5.69 Å². The smallest absolute Gasteiger partial charge is 0.241 e. The van der Waals surface area contributed by atoms with Crippen LogP contribution < -0.4 is 15.8 Å². The second kappa shape index (κ2) is 7.09. The van der Waals surface area contributed by atoms with Crippen molar-refractivity contribution in [3.63, 3.8) is 0 Å². The average molecular weight is 298 g/mol. The number of nitrogens with one attached hydrogen (secondary N) is 1. The second-order valence-electron chi connectivity index (χ2n) is 5.43. The van der Waals surface area contributed by atoms with Gasteiger partial charge >= 0.3 is 0 Å². The predicted octanol–water partition coefficient (Wildman–Crippen LogP) is 3.42. The van der Waals surface area contributed by atoms with Crippen LogP contribution in [-0.4, -0.2) is 11.9 Å². The van der Waals surface area contributed by atoms with Gasteiger partial charge in [-0.15, -0.1) is 0 Å². The zero-order valence-corrected chi connectivity index (χ0v) is 13.2. The molecular weight excluding hydrogens is 276 g/mol. The van der Waals surface area contributed by atoms with Gasteiger partial charge in [-0.3, -0.25) is 4.79 Å². The fourth-order valence-electron chi connectivity index (χ4n) is 2.09. The Morgan fingerprint density at radius 2 is 1.82 bits per heavy atom. The molecule has 0 saturated carbocycles. The molecule has 0 bridgehead atoms. The SMILES string of the molecule is Cc1cc(OC(C)c2ccccc2)ccc1NC(=O)[C@H](C)N. The average Bonchev–Trinajstić information content (AvgIpc) is 2.50. The van der Waals surface area contributed by atoms with Crippen LogP contribution in [0.5, 0.6) is 5.75 Å². The molecule has 4 heteroatoms. The molecule has 0 radical (unpaired) electrons. The zero-order chi connectivity index (χ0) is 16.1. The molecule has 0 aliphatic rings. The van der Waals surface area contributed by atoms with Crippen LogP contribution in [0.1, 0.15) is 31.1 Å². The molecule has 1 amide bonds. The highest BCUT2D eigenvalue weighted by molar-refractivity contribution is 5.95. The monoisotopic (exact) mass is 298 g/mol. The van der Waals surface area contributed by atoms with Crippen molar-refractivity contribution in [2.45, 2.75) is 32.9 Å². The normalized spacial score (nSPS) is 13.3. The Labute approximate surface area is 131 Å². The summed E-state index contributed by atoms with van der Waals surface area (Å²) in [7, 11) is 0. The first kappa shape index (κ1) is 16.0. The van der Waals surface area contributed by atoms with Gasteiger partial charge in [0.25, 0.3) is 0 Å². The molecule has 2 aromatic carbocycles. The minimum atomic E-state index is -0.534. The molecule has 2 atom stereocenters. The lowest BCUT2D eigenvalue weighted by Gasteiger charge is -2.17. The molecule has 0 spiro atoms. The number of hydrogen-bond acceptors (Lipinski definition) is 3. The van der Waals surface area contributed by atoms with Crippen molar-refractivity contribution in [1.82, 2.24) is 0 Å². The summed E-state index contributed by atoms with van der Waals surface area (Å²) in [5.41, 5.74) is 8.37. The number of carbonyl (C=O) groups excluding carboxylic acids is 1. The van der Waals surface area contributed by atoms with Crippen molar-refractivity contribution in [3.8, 4) is 5.75 Å². The van der Waals surface area contributed by atoms with Crippen LogP contribution in [-0.2, 0) is 4.79 Å². The third-order valence-corrected chi connectivity index (χ3v) is 3.45. The third kappa shape index (κ3) is 4.09. The van der Waals surface area contributed by atoms with Crippen molar-refractivity contribution in [2.75, 3.05) is 5.32 Å². The van der Waals surface area contributed by atoms with Crippen LogP contribution in [0.3, 0.4) is 0 Å². The summed E-state index contributed by atoms with van der Waals surface area (Å²) < 4.78 is 5.95. The molecule has 0 aliphatic heterocycles. The maximum atomic E-state index is 11.6. The molecule has 22 heavy (non-hydrogen) atoms. The van der Waals surface area contributed by atoms with Gasteiger partial charge in [-0.25, -0.2) is 0 Å². The van der Waals surface area contributed by atoms with Crippen LogP contribution in [0, 0.1) is 6.92 Å². The van der Waals surface area contributed by atoms with E-state index in [2.05, 4.69) is 5.32 Å². The van der Waals surface area contributed by atoms with E-state index in [4.69, 9.17) is 10.5 Å². The maximum absolute atomic E-state index is 11.6. The number of ether oxygens (including phenoxy) is 1. The molecule has 4 nitrogen and oxygen atoms in total. The number of amides is 1. The van der Waals surface area contributed by atoms with E-state index in [0.29, 0.717) is 0 Å². The molecule has 0 fully saturated rings. The Morgan fingerprint density at radius 3 is 2.41 bits per heavy atom. The van der Waals surface area contributed by atoms with E-state index >= 15 is 0 Å². The van der Waals surface area contributed by atoms with E-state index in [9.17, 15) is 4.79 Å². The molecular formula is C18H22N2O2. The summed E-state index contributed by atoms with van der Waals surface area (Å²) in [5, 5.41) is 2.80. The van der Waals surface area contributed by atoms with Gasteiger partial charge in [0.15, 0.2) is 0 Å². The molecule has 3 N–H and O–H groups in total. The fraction of sp³-hybridized carbons (Fsp3) is 0.278. The van der Waals surface area contributed by atoms with Crippen LogP contribution >= 0.6 is 0 Å². The van der Waals surface area contributed by atoms with Crippen molar-refractivity contribution < 1.29 is 9.53 Å². The van der Waals surface area contributed by atoms with E-state index < -0.39 is 6.04 Å². The lowest BCUT2D eigenvalue weighted by molar-refractivity contribution is -0.117. The highest BCUT2D eigenvalue weighted by Crippen LogP contribution is 2.26. The van der Waals surface area contributed by atoms with Gasteiger partial charge in [0.05, 0.1) is 6.04 Å². The summed E-state index contributed by atoms with van der Waals surface area (Å²) in [6.07, 6.45) is -0.0369. The molecule has 0 aliphatic carbocycles. The van der Waals surface area contributed by atoms with Crippen molar-refractivity contribution in [3.05, 3.63) is 59.7 Å². The lowest BCUT2D eigenvalue weighted by atomic mass is 10.1. The first-order valence-electron chi connectivity index (χ1n) is 7.36. The molecule has 1 unspecified atom stereocenters. The number of benzene rings is 2. The molecule has 2 rings (SSSR count). The van der Waals surface area contributed by atoms with Crippen LogP contribution in [0.2, 0.25) is 0 Å². The highest BCUT2D eigenvalue weighted by Gasteiger charge is 2.11. The van der Waals surface area contributed by atoms with E-state index in [1.54, 1.807) is 6.92 Å². The summed E-state index contributed by atoms with van der Waals surface area (Å²) >= 11 is 0. The largest absolute Gasteiger partial charge is 0.486 e. The van der Waals surface area contributed by atoms with Crippen molar-refractivity contribution in [1.29, 1.82) is 0 Å². The fourth-order valence-corrected chi connectivity index (χ4v) is 2.09. The highest BCUT2D eigenvalue weighted by atomic mass is 16.5. The van der Waals surface area contributed by atoms with E-state index in [0.717, 1.165) is 22.6 Å². The molecule has 0 aromatic heterocycles. The van der Waals surface area contributed by atoms with Crippen molar-refractivity contribution >= 4 is 11.6 Å². The summed E-state index contributed by atoms with van der Waals surface area (Å²) in [5.74, 6) is 0.571. The number of nitrogens with two attached hydrogens (primary N) is 1. The quantitative estimate of drug-likeness (QED) is 0.889. The summed E-state index contributed by atoms with van der Waals surface area (Å²) in [6.45, 7) is 5.59. The second-order valence-corrected chi connectivity index (χ2v) is 5.43. The van der Waals surface area contributed by atoms with E-state index in [-0.39, 0.29) is 12.0 Å². The van der Waals surface area contributed by atoms with Gasteiger partial charge in [-0.1, -0.05) is 30.3 Å². The number of aryl methyl sites for hydroxylation is 1. The Kier molecular flexibility index (Phi) is 5.17. The van der Waals surface area contributed by atoms with Gasteiger partial charge < -0.3 is 15.8 Å². The summed E-state index contributed by atoms with van der Waals surface area (Å²) in [6, 6.07) is 15.1. The zero-order valence-electron chi connectivity index (χ0n) is 13.2. The van der Waals surface area contributed by atoms with Gasteiger partial charge in [0.1, 0.15) is 11.9 Å². The maximum Gasteiger partial charge on any atom is 0.241 e. The number of hydrogen-bond donors (Lipinski definition) is 2. The third-order valence-electron chi connectivity index (χ3n) is 3.45. The van der Waals surface area contributed by atoms with Gasteiger partial charge in [-0.05, 0) is 50.1 Å². The minimum Gasteiger partial charge on any atom is -0.486 e. The molecule has 116 valence electrons. The molecule has 0 heterocycles. The topological polar surface area (TPSA) is 64.3 Å². The van der Waals surface area contributed by atoms with Crippen LogP contribution in [0.15, 0.2) is 48.5 Å².